The highest BCUT2D eigenvalue weighted by molar-refractivity contribution is 5.93. The molecule has 1 fully saturated rings. The Labute approximate surface area is 135 Å². The summed E-state index contributed by atoms with van der Waals surface area (Å²) in [6, 6.07) is 5.07. The molecule has 0 unspecified atom stereocenters. The maximum Gasteiger partial charge on any atom is 0.337 e. The number of methoxy groups -OCH3 is 1. The summed E-state index contributed by atoms with van der Waals surface area (Å²) in [6.07, 6.45) is 1.51. The summed E-state index contributed by atoms with van der Waals surface area (Å²) in [5.41, 5.74) is 1.10. The number of ether oxygens (including phenoxy) is 3. The molecule has 0 aliphatic carbocycles. The zero-order valence-corrected chi connectivity index (χ0v) is 13.5. The van der Waals surface area contributed by atoms with Crippen LogP contribution in [0.15, 0.2) is 23.4 Å². The molecule has 0 spiro atoms. The van der Waals surface area contributed by atoms with Gasteiger partial charge in [-0.05, 0) is 18.2 Å². The molecule has 126 valence electrons. The summed E-state index contributed by atoms with van der Waals surface area (Å²) >= 11 is 0. The smallest absolute Gasteiger partial charge is 0.337 e. The zero-order valence-electron chi connectivity index (χ0n) is 13.5. The van der Waals surface area contributed by atoms with Crippen LogP contribution in [0.3, 0.4) is 0 Å². The van der Waals surface area contributed by atoms with Crippen LogP contribution in [0.4, 0.5) is 0 Å². The molecule has 0 bridgehead atoms. The van der Waals surface area contributed by atoms with Crippen LogP contribution in [0.25, 0.3) is 0 Å². The van der Waals surface area contributed by atoms with E-state index < -0.39 is 5.97 Å². The molecule has 23 heavy (non-hydrogen) atoms. The zero-order chi connectivity index (χ0) is 16.5. The summed E-state index contributed by atoms with van der Waals surface area (Å²) in [7, 11) is 2.80. The van der Waals surface area contributed by atoms with Crippen molar-refractivity contribution >= 4 is 12.2 Å². The first-order valence-electron chi connectivity index (χ1n) is 7.46. The molecule has 1 aromatic carbocycles. The van der Waals surface area contributed by atoms with Crippen LogP contribution >= 0.6 is 0 Å². The molecule has 0 amide bonds. The number of carbonyl (C=O) groups is 1. The summed E-state index contributed by atoms with van der Waals surface area (Å²) in [6.45, 7) is 4.73. The number of morpholine rings is 1. The van der Waals surface area contributed by atoms with Crippen molar-refractivity contribution in [1.82, 2.24) is 4.90 Å². The highest BCUT2D eigenvalue weighted by Gasteiger charge is 2.12. The first-order chi connectivity index (χ1) is 11.2. The van der Waals surface area contributed by atoms with E-state index in [-0.39, 0.29) is 0 Å². The van der Waals surface area contributed by atoms with Crippen LogP contribution in [0.1, 0.15) is 15.9 Å². The van der Waals surface area contributed by atoms with E-state index in [1.807, 2.05) is 0 Å². The number of benzene rings is 1. The van der Waals surface area contributed by atoms with Crippen molar-refractivity contribution < 1.29 is 23.8 Å². The average Bonchev–Trinajstić information content (AvgIpc) is 2.61. The number of hydrogen-bond acceptors (Lipinski definition) is 7. The first kappa shape index (κ1) is 17.2. The molecule has 7 nitrogen and oxygen atoms in total. The predicted octanol–water partition coefficient (Wildman–Crippen LogP) is 1.16. The lowest BCUT2D eigenvalue weighted by Crippen LogP contribution is -2.38. The Balaban J connectivity index is 2.00. The van der Waals surface area contributed by atoms with Gasteiger partial charge < -0.3 is 19.0 Å². The number of carbonyl (C=O) groups excluding carboxylic acids is 1. The van der Waals surface area contributed by atoms with Crippen molar-refractivity contribution in [2.75, 3.05) is 53.7 Å². The third-order valence-corrected chi connectivity index (χ3v) is 3.50. The van der Waals surface area contributed by atoms with E-state index in [4.69, 9.17) is 19.0 Å². The second-order valence-electron chi connectivity index (χ2n) is 4.96. The van der Waals surface area contributed by atoms with E-state index in [0.29, 0.717) is 23.5 Å². The Kier molecular flexibility index (Phi) is 6.83. The lowest BCUT2D eigenvalue weighted by atomic mass is 10.1. The molecule has 1 aliphatic rings. The maximum absolute atomic E-state index is 11.6. The van der Waals surface area contributed by atoms with Gasteiger partial charge in [-0.1, -0.05) is 5.16 Å². The fourth-order valence-corrected chi connectivity index (χ4v) is 2.24. The standard InChI is InChI=1S/C16H22N2O5/c1-20-16(19)13-3-4-15(14(11-13)12-17-21-2)23-10-7-18-5-8-22-9-6-18/h3-4,11-12H,5-10H2,1-2H3. The Morgan fingerprint density at radius 2 is 2.13 bits per heavy atom. The monoisotopic (exact) mass is 322 g/mol. The minimum Gasteiger partial charge on any atom is -0.492 e. The van der Waals surface area contributed by atoms with Crippen LogP contribution in [0.2, 0.25) is 0 Å². The third-order valence-electron chi connectivity index (χ3n) is 3.50. The molecule has 0 N–H and O–H groups in total. The van der Waals surface area contributed by atoms with E-state index in [0.717, 1.165) is 32.8 Å². The first-order valence-corrected chi connectivity index (χ1v) is 7.46. The van der Waals surface area contributed by atoms with Gasteiger partial charge in [0, 0.05) is 25.2 Å². The Morgan fingerprint density at radius 1 is 1.35 bits per heavy atom. The van der Waals surface area contributed by atoms with Crippen molar-refractivity contribution in [3.63, 3.8) is 0 Å². The molecular weight excluding hydrogens is 300 g/mol. The van der Waals surface area contributed by atoms with E-state index >= 15 is 0 Å². The molecule has 7 heteroatoms. The van der Waals surface area contributed by atoms with Gasteiger partial charge in [-0.15, -0.1) is 0 Å². The molecule has 0 radical (unpaired) electrons. The van der Waals surface area contributed by atoms with Crippen LogP contribution in [-0.4, -0.2) is 70.8 Å². The predicted molar refractivity (Wildman–Crippen MR) is 85.1 cm³/mol. The molecular formula is C16H22N2O5. The average molecular weight is 322 g/mol. The Bertz CT molecular complexity index is 541. The van der Waals surface area contributed by atoms with Crippen LogP contribution < -0.4 is 4.74 Å². The maximum atomic E-state index is 11.6. The molecule has 0 atom stereocenters. The number of nitrogens with zero attached hydrogens (tertiary/aromatic N) is 2. The fraction of sp³-hybridized carbons (Fsp3) is 0.500. The molecule has 1 heterocycles. The normalized spacial score (nSPS) is 15.6. The highest BCUT2D eigenvalue weighted by Crippen LogP contribution is 2.19. The van der Waals surface area contributed by atoms with Gasteiger partial charge >= 0.3 is 5.97 Å². The summed E-state index contributed by atoms with van der Waals surface area (Å²) in [5, 5.41) is 3.74. The second kappa shape index (κ2) is 9.12. The second-order valence-corrected chi connectivity index (χ2v) is 4.96. The molecule has 0 saturated carbocycles. The SMILES string of the molecule is CON=Cc1cc(C(=O)OC)ccc1OCCN1CCOCC1. The largest absolute Gasteiger partial charge is 0.492 e. The van der Waals surface area contributed by atoms with Gasteiger partial charge in [-0.3, -0.25) is 4.90 Å². The summed E-state index contributed by atoms with van der Waals surface area (Å²) in [5.74, 6) is 0.239. The molecule has 0 aromatic heterocycles. The molecule has 1 aliphatic heterocycles. The minimum absolute atomic E-state index is 0.406. The van der Waals surface area contributed by atoms with E-state index in [1.165, 1.54) is 20.4 Å². The molecule has 1 aromatic rings. The van der Waals surface area contributed by atoms with Gasteiger partial charge in [0.05, 0.1) is 32.1 Å². The third kappa shape index (κ3) is 5.22. The van der Waals surface area contributed by atoms with Crippen LogP contribution in [0, 0.1) is 0 Å². The minimum atomic E-state index is -0.406. The van der Waals surface area contributed by atoms with Gasteiger partial charge in [0.2, 0.25) is 0 Å². The quantitative estimate of drug-likeness (QED) is 0.426. The lowest BCUT2D eigenvalue weighted by Gasteiger charge is -2.26. The number of oxime groups is 1. The van der Waals surface area contributed by atoms with Crippen molar-refractivity contribution in [1.29, 1.82) is 0 Å². The van der Waals surface area contributed by atoms with E-state index in [9.17, 15) is 4.79 Å². The Hall–Kier alpha value is -2.12. The molecule has 1 saturated heterocycles. The van der Waals surface area contributed by atoms with Crippen LogP contribution in [-0.2, 0) is 14.3 Å². The lowest BCUT2D eigenvalue weighted by molar-refractivity contribution is 0.0322. The fourth-order valence-electron chi connectivity index (χ4n) is 2.24. The van der Waals surface area contributed by atoms with Gasteiger partial charge in [0.1, 0.15) is 19.5 Å². The van der Waals surface area contributed by atoms with E-state index in [2.05, 4.69) is 10.1 Å². The van der Waals surface area contributed by atoms with Crippen LogP contribution in [0.5, 0.6) is 5.75 Å². The van der Waals surface area contributed by atoms with Gasteiger partial charge in [-0.25, -0.2) is 4.79 Å². The van der Waals surface area contributed by atoms with Crippen molar-refractivity contribution in [2.45, 2.75) is 0 Å². The van der Waals surface area contributed by atoms with Gasteiger partial charge in [0.15, 0.2) is 0 Å². The van der Waals surface area contributed by atoms with Gasteiger partial charge in [0.25, 0.3) is 0 Å². The molecule has 2 rings (SSSR count). The number of esters is 1. The number of hydrogen-bond donors (Lipinski definition) is 0. The van der Waals surface area contributed by atoms with Crippen molar-refractivity contribution in [2.24, 2.45) is 5.16 Å². The summed E-state index contributed by atoms with van der Waals surface area (Å²) in [4.78, 5) is 18.6. The van der Waals surface area contributed by atoms with Gasteiger partial charge in [-0.2, -0.15) is 0 Å². The highest BCUT2D eigenvalue weighted by atomic mass is 16.6. The van der Waals surface area contributed by atoms with Crippen molar-refractivity contribution in [3.8, 4) is 5.75 Å². The van der Waals surface area contributed by atoms with E-state index in [1.54, 1.807) is 18.2 Å². The summed E-state index contributed by atoms with van der Waals surface area (Å²) < 4.78 is 15.9. The topological polar surface area (TPSA) is 69.6 Å². The van der Waals surface area contributed by atoms with Crippen molar-refractivity contribution in [3.05, 3.63) is 29.3 Å². The Morgan fingerprint density at radius 3 is 2.83 bits per heavy atom. The number of rotatable bonds is 7.